The lowest BCUT2D eigenvalue weighted by Gasteiger charge is -2.29. The number of halogens is 3. The molecule has 3 rings (SSSR count). The monoisotopic (exact) mass is 523 g/mol. The first-order valence-corrected chi connectivity index (χ1v) is 11.6. The molecule has 13 heteroatoms. The van der Waals surface area contributed by atoms with Crippen LogP contribution < -0.4 is 16.5 Å². The molecule has 37 heavy (non-hydrogen) atoms. The molecule has 1 aromatic carbocycles. The summed E-state index contributed by atoms with van der Waals surface area (Å²) in [6, 6.07) is 3.92. The summed E-state index contributed by atoms with van der Waals surface area (Å²) >= 11 is 0. The number of Topliss-reactive ketones (excluding diaryl/α,β-unsaturated/α-hetero) is 1. The number of ketones is 1. The number of rotatable bonds is 9. The molecule has 200 valence electrons. The van der Waals surface area contributed by atoms with Gasteiger partial charge in [-0.05, 0) is 42.9 Å². The van der Waals surface area contributed by atoms with Gasteiger partial charge in [0, 0.05) is 19.3 Å². The maximum absolute atomic E-state index is 13.7. The van der Waals surface area contributed by atoms with Crippen LogP contribution in [0.25, 0.3) is 5.69 Å². The first-order chi connectivity index (χ1) is 17.2. The number of nitrogens with two attached hydrogens (primary N) is 1. The van der Waals surface area contributed by atoms with Crippen LogP contribution in [0.2, 0.25) is 0 Å². The Morgan fingerprint density at radius 1 is 1.11 bits per heavy atom. The fourth-order valence-corrected chi connectivity index (χ4v) is 4.36. The van der Waals surface area contributed by atoms with Crippen molar-refractivity contribution in [3.63, 3.8) is 0 Å². The van der Waals surface area contributed by atoms with Crippen LogP contribution in [0.15, 0.2) is 18.2 Å². The van der Waals surface area contributed by atoms with E-state index in [1.165, 1.54) is 23.7 Å². The second-order valence-electron chi connectivity index (χ2n) is 9.76. The molecule has 0 bridgehead atoms. The maximum atomic E-state index is 13.7. The summed E-state index contributed by atoms with van der Waals surface area (Å²) in [4.78, 5) is 48.1. The van der Waals surface area contributed by atoms with Crippen molar-refractivity contribution in [1.82, 2.24) is 15.3 Å². The number of amides is 3. The Balaban J connectivity index is 1.91. The van der Waals surface area contributed by atoms with Gasteiger partial charge in [0.2, 0.25) is 11.8 Å². The second-order valence-corrected chi connectivity index (χ2v) is 9.76. The highest BCUT2D eigenvalue weighted by Crippen LogP contribution is 2.42. The molecule has 0 saturated heterocycles. The van der Waals surface area contributed by atoms with Crippen LogP contribution in [-0.4, -0.2) is 38.5 Å². The Labute approximate surface area is 210 Å². The third-order valence-electron chi connectivity index (χ3n) is 6.03. The van der Waals surface area contributed by atoms with E-state index in [1.807, 2.05) is 0 Å². The second kappa shape index (κ2) is 10.7. The number of carbonyl (C=O) groups is 4. The molecular weight excluding hydrogens is 495 g/mol. The topological polar surface area (TPSA) is 156 Å². The summed E-state index contributed by atoms with van der Waals surface area (Å²) in [5.41, 5.74) is 4.77. The van der Waals surface area contributed by atoms with Gasteiger partial charge in [0.1, 0.15) is 0 Å². The van der Waals surface area contributed by atoms with Gasteiger partial charge in [-0.1, -0.05) is 20.3 Å². The summed E-state index contributed by atoms with van der Waals surface area (Å²) in [5.74, 6) is -2.51. The third-order valence-corrected chi connectivity index (χ3v) is 6.03. The Bertz CT molecular complexity index is 1240. The summed E-state index contributed by atoms with van der Waals surface area (Å²) in [6.45, 7) is 3.55. The van der Waals surface area contributed by atoms with E-state index >= 15 is 0 Å². The average molecular weight is 524 g/mol. The van der Waals surface area contributed by atoms with E-state index in [1.54, 1.807) is 13.8 Å². The van der Waals surface area contributed by atoms with Gasteiger partial charge in [-0.2, -0.15) is 18.3 Å². The summed E-state index contributed by atoms with van der Waals surface area (Å²) in [7, 11) is 0. The lowest BCUT2D eigenvalue weighted by atomic mass is 9.75. The number of aromatic nitrogens is 2. The van der Waals surface area contributed by atoms with Gasteiger partial charge in [-0.15, -0.1) is 0 Å². The lowest BCUT2D eigenvalue weighted by molar-refractivity contribution is -0.141. The van der Waals surface area contributed by atoms with Crippen LogP contribution in [0.3, 0.4) is 0 Å². The molecule has 0 unspecified atom stereocenters. The van der Waals surface area contributed by atoms with E-state index in [4.69, 9.17) is 10.9 Å². The SMILES string of the molecule is CC1(C)CC(=O)c2c(C(F)(F)F)nn(-c3ccc(C(N)=O)c(NC(=O)CCCCCC(=O)NO)c3)c2C1. The van der Waals surface area contributed by atoms with E-state index < -0.39 is 46.4 Å². The van der Waals surface area contributed by atoms with Crippen LogP contribution in [-0.2, 0) is 22.2 Å². The van der Waals surface area contributed by atoms with E-state index in [2.05, 4.69) is 10.4 Å². The minimum absolute atomic E-state index is 0.00568. The fraction of sp³-hybridized carbons (Fsp3) is 0.458. The molecule has 10 nitrogen and oxygen atoms in total. The van der Waals surface area contributed by atoms with Gasteiger partial charge >= 0.3 is 6.18 Å². The fourth-order valence-electron chi connectivity index (χ4n) is 4.36. The molecule has 0 saturated carbocycles. The van der Waals surface area contributed by atoms with Crippen molar-refractivity contribution in [2.75, 3.05) is 5.32 Å². The first-order valence-electron chi connectivity index (χ1n) is 11.6. The smallest absolute Gasteiger partial charge is 0.366 e. The van der Waals surface area contributed by atoms with Crippen LogP contribution in [0.4, 0.5) is 18.9 Å². The van der Waals surface area contributed by atoms with Crippen molar-refractivity contribution in [2.45, 2.75) is 65.0 Å². The Morgan fingerprint density at radius 3 is 2.35 bits per heavy atom. The molecule has 0 spiro atoms. The van der Waals surface area contributed by atoms with Crippen molar-refractivity contribution in [3.8, 4) is 5.69 Å². The Morgan fingerprint density at radius 2 is 1.76 bits per heavy atom. The maximum Gasteiger partial charge on any atom is 0.435 e. The van der Waals surface area contributed by atoms with Crippen molar-refractivity contribution in [1.29, 1.82) is 0 Å². The Kier molecular flexibility index (Phi) is 8.06. The number of primary amides is 1. The molecule has 0 aliphatic heterocycles. The van der Waals surface area contributed by atoms with E-state index in [9.17, 15) is 32.3 Å². The lowest BCUT2D eigenvalue weighted by Crippen LogP contribution is -2.29. The van der Waals surface area contributed by atoms with Crippen LogP contribution >= 0.6 is 0 Å². The van der Waals surface area contributed by atoms with E-state index in [-0.39, 0.29) is 48.3 Å². The Hall–Kier alpha value is -3.74. The van der Waals surface area contributed by atoms with Crippen molar-refractivity contribution >= 4 is 29.2 Å². The van der Waals surface area contributed by atoms with E-state index in [0.29, 0.717) is 19.3 Å². The molecule has 2 aromatic rings. The zero-order valence-electron chi connectivity index (χ0n) is 20.4. The quantitative estimate of drug-likeness (QED) is 0.224. The number of alkyl halides is 3. The highest BCUT2D eigenvalue weighted by Gasteiger charge is 2.45. The van der Waals surface area contributed by atoms with Gasteiger partial charge in [0.05, 0.1) is 28.2 Å². The first kappa shape index (κ1) is 27.8. The van der Waals surface area contributed by atoms with Crippen LogP contribution in [0, 0.1) is 5.41 Å². The largest absolute Gasteiger partial charge is 0.435 e. The highest BCUT2D eigenvalue weighted by atomic mass is 19.4. The van der Waals surface area contributed by atoms with Crippen molar-refractivity contribution < 1.29 is 37.6 Å². The standard InChI is InChI=1S/C24H28F3N5O5/c1-23(2)11-16-20(17(33)12-23)21(24(25,26)27)30-32(16)13-8-9-14(22(28)36)15(10-13)29-18(34)6-4-3-5-7-19(35)31-37/h8-10,37H,3-7,11-12H2,1-2H3,(H2,28,36)(H,29,34)(H,31,35). The number of carbonyl (C=O) groups excluding carboxylic acids is 4. The summed E-state index contributed by atoms with van der Waals surface area (Å²) in [5, 5.41) is 14.8. The molecule has 0 fully saturated rings. The predicted octanol–water partition coefficient (Wildman–Crippen LogP) is 3.54. The molecule has 0 atom stereocenters. The minimum atomic E-state index is -4.85. The zero-order valence-corrected chi connectivity index (χ0v) is 20.4. The molecule has 0 radical (unpaired) electrons. The molecule has 1 heterocycles. The number of unbranched alkanes of at least 4 members (excludes halogenated alkanes) is 2. The van der Waals surface area contributed by atoms with Gasteiger partial charge in [0.15, 0.2) is 11.5 Å². The number of nitrogens with zero attached hydrogens (tertiary/aromatic N) is 2. The molecule has 1 aliphatic rings. The normalized spacial score (nSPS) is 14.7. The number of hydrogen-bond donors (Lipinski definition) is 4. The van der Waals surface area contributed by atoms with Gasteiger partial charge in [-0.25, -0.2) is 10.2 Å². The molecule has 5 N–H and O–H groups in total. The van der Waals surface area contributed by atoms with E-state index in [0.717, 1.165) is 4.68 Å². The average Bonchev–Trinajstić information content (AvgIpc) is 3.17. The number of hydrogen-bond acceptors (Lipinski definition) is 6. The van der Waals surface area contributed by atoms with Gasteiger partial charge in [-0.3, -0.25) is 24.4 Å². The van der Waals surface area contributed by atoms with Crippen LogP contribution in [0.5, 0.6) is 0 Å². The number of nitrogens with one attached hydrogen (secondary N) is 2. The molecular formula is C24H28F3N5O5. The number of hydroxylamine groups is 1. The molecule has 1 aromatic heterocycles. The predicted molar refractivity (Wildman–Crippen MR) is 125 cm³/mol. The number of benzene rings is 1. The molecule has 1 aliphatic carbocycles. The summed E-state index contributed by atoms with van der Waals surface area (Å²) < 4.78 is 42.3. The number of fused-ring (bicyclic) bond motifs is 1. The van der Waals surface area contributed by atoms with Gasteiger partial charge in [0.25, 0.3) is 5.91 Å². The van der Waals surface area contributed by atoms with Crippen molar-refractivity contribution in [3.05, 3.63) is 40.7 Å². The number of anilines is 1. The van der Waals surface area contributed by atoms with Crippen molar-refractivity contribution in [2.24, 2.45) is 11.1 Å². The zero-order chi connectivity index (χ0) is 27.5. The molecule has 3 amide bonds. The van der Waals surface area contributed by atoms with Gasteiger partial charge < -0.3 is 11.1 Å². The van der Waals surface area contributed by atoms with Crippen LogP contribution in [0.1, 0.15) is 84.5 Å². The highest BCUT2D eigenvalue weighted by molar-refractivity contribution is 6.03. The third kappa shape index (κ3) is 6.53. The summed E-state index contributed by atoms with van der Waals surface area (Å²) in [6.07, 6.45) is -3.23. The minimum Gasteiger partial charge on any atom is -0.366 e.